The smallest absolute Gasteiger partial charge is 0.141 e. The van der Waals surface area contributed by atoms with Crippen molar-refractivity contribution in [3.63, 3.8) is 0 Å². The van der Waals surface area contributed by atoms with Crippen molar-refractivity contribution >= 4 is 23.3 Å². The number of pyridine rings is 1. The first-order valence-corrected chi connectivity index (χ1v) is 5.83. The summed E-state index contributed by atoms with van der Waals surface area (Å²) in [7, 11) is 0. The number of nitrogen functional groups attached to an aromatic ring is 1. The molecule has 0 radical (unpaired) electrons. The Kier molecular flexibility index (Phi) is 4.55. The first-order chi connectivity index (χ1) is 6.76. The van der Waals surface area contributed by atoms with Gasteiger partial charge in [-0.3, -0.25) is 0 Å². The van der Waals surface area contributed by atoms with Gasteiger partial charge in [0.2, 0.25) is 0 Å². The Morgan fingerprint density at radius 3 is 3.07 bits per heavy atom. The average Bonchev–Trinajstić information content (AvgIpc) is 2.18. The molecule has 0 aliphatic heterocycles. The molecule has 5 heteroatoms. The second-order valence-electron chi connectivity index (χ2n) is 3.07. The van der Waals surface area contributed by atoms with Crippen molar-refractivity contribution in [2.45, 2.75) is 13.0 Å². The van der Waals surface area contributed by atoms with E-state index in [1.54, 1.807) is 6.20 Å². The molecule has 0 aliphatic rings. The number of rotatable bonds is 5. The van der Waals surface area contributed by atoms with Gasteiger partial charge >= 0.3 is 0 Å². The quantitative estimate of drug-likeness (QED) is 0.510. The highest BCUT2D eigenvalue weighted by molar-refractivity contribution is 7.98. The van der Waals surface area contributed by atoms with Crippen LogP contribution >= 0.6 is 11.8 Å². The van der Waals surface area contributed by atoms with Crippen molar-refractivity contribution in [1.29, 1.82) is 0 Å². The molecular weight excluding hydrogens is 196 g/mol. The molecule has 4 nitrogen and oxygen atoms in total. The van der Waals surface area contributed by atoms with Crippen LogP contribution in [0.15, 0.2) is 18.3 Å². The Morgan fingerprint density at radius 2 is 2.43 bits per heavy atom. The molecule has 1 unspecified atom stereocenters. The average molecular weight is 212 g/mol. The summed E-state index contributed by atoms with van der Waals surface area (Å²) in [6.07, 6.45) is 3.82. The molecule has 1 rings (SSSR count). The van der Waals surface area contributed by atoms with Crippen molar-refractivity contribution in [2.24, 2.45) is 5.84 Å². The molecule has 1 heterocycles. The van der Waals surface area contributed by atoms with Crippen molar-refractivity contribution in [2.75, 3.05) is 22.8 Å². The number of anilines is 2. The molecule has 0 bridgehead atoms. The first kappa shape index (κ1) is 11.1. The van der Waals surface area contributed by atoms with Crippen LogP contribution in [0.1, 0.15) is 6.92 Å². The van der Waals surface area contributed by atoms with Crippen LogP contribution in [-0.2, 0) is 0 Å². The van der Waals surface area contributed by atoms with Crippen molar-refractivity contribution in [3.05, 3.63) is 18.3 Å². The largest absolute Gasteiger partial charge is 0.382 e. The normalized spacial score (nSPS) is 12.2. The molecular formula is C9H16N4S. The van der Waals surface area contributed by atoms with Crippen LogP contribution in [0.25, 0.3) is 0 Å². The van der Waals surface area contributed by atoms with E-state index in [0.717, 1.165) is 11.4 Å². The van der Waals surface area contributed by atoms with E-state index in [9.17, 15) is 0 Å². The van der Waals surface area contributed by atoms with Crippen LogP contribution in [0.4, 0.5) is 11.5 Å². The zero-order valence-corrected chi connectivity index (χ0v) is 9.27. The van der Waals surface area contributed by atoms with Crippen LogP contribution in [0, 0.1) is 0 Å². The Hall–Kier alpha value is -0.940. The third kappa shape index (κ3) is 3.43. The van der Waals surface area contributed by atoms with Gasteiger partial charge in [-0.2, -0.15) is 11.8 Å². The van der Waals surface area contributed by atoms with Crippen LogP contribution in [0.2, 0.25) is 0 Å². The third-order valence-electron chi connectivity index (χ3n) is 1.74. The van der Waals surface area contributed by atoms with Gasteiger partial charge in [0.15, 0.2) is 0 Å². The van der Waals surface area contributed by atoms with E-state index in [1.807, 2.05) is 23.9 Å². The van der Waals surface area contributed by atoms with E-state index >= 15 is 0 Å². The van der Waals surface area contributed by atoms with Gasteiger partial charge in [0.25, 0.3) is 0 Å². The van der Waals surface area contributed by atoms with E-state index < -0.39 is 0 Å². The Bertz CT molecular complexity index is 279. The lowest BCUT2D eigenvalue weighted by molar-refractivity contribution is 0.913. The predicted octanol–water partition coefficient (Wildman–Crippen LogP) is 1.53. The van der Waals surface area contributed by atoms with E-state index in [-0.39, 0.29) is 0 Å². The molecule has 0 saturated carbocycles. The number of hydrogen-bond donors (Lipinski definition) is 3. The van der Waals surface area contributed by atoms with E-state index in [1.165, 1.54) is 0 Å². The molecule has 0 amide bonds. The lowest BCUT2D eigenvalue weighted by Gasteiger charge is -2.14. The summed E-state index contributed by atoms with van der Waals surface area (Å²) < 4.78 is 0. The Morgan fingerprint density at radius 1 is 1.64 bits per heavy atom. The SMILES string of the molecule is CSCC(C)Nc1ccnc(NN)c1. The second-order valence-corrected chi connectivity index (χ2v) is 3.99. The van der Waals surface area contributed by atoms with Crippen LogP contribution < -0.4 is 16.6 Å². The van der Waals surface area contributed by atoms with Crippen LogP contribution in [-0.4, -0.2) is 23.0 Å². The lowest BCUT2D eigenvalue weighted by atomic mass is 10.3. The first-order valence-electron chi connectivity index (χ1n) is 4.44. The molecule has 0 fully saturated rings. The fraction of sp³-hybridized carbons (Fsp3) is 0.444. The number of hydrogen-bond acceptors (Lipinski definition) is 5. The monoisotopic (exact) mass is 212 g/mol. The van der Waals surface area contributed by atoms with Gasteiger partial charge in [0, 0.05) is 29.7 Å². The molecule has 1 aromatic rings. The summed E-state index contributed by atoms with van der Waals surface area (Å²) in [5.74, 6) is 7.01. The number of thioether (sulfide) groups is 1. The van der Waals surface area contributed by atoms with Gasteiger partial charge in [0.05, 0.1) is 0 Å². The van der Waals surface area contributed by atoms with Crippen LogP contribution in [0.3, 0.4) is 0 Å². The van der Waals surface area contributed by atoms with Gasteiger partial charge in [0.1, 0.15) is 5.82 Å². The molecule has 0 spiro atoms. The topological polar surface area (TPSA) is 63.0 Å². The molecule has 4 N–H and O–H groups in total. The predicted molar refractivity (Wildman–Crippen MR) is 63.5 cm³/mol. The highest BCUT2D eigenvalue weighted by Gasteiger charge is 2.01. The van der Waals surface area contributed by atoms with Gasteiger partial charge < -0.3 is 10.7 Å². The van der Waals surface area contributed by atoms with Crippen molar-refractivity contribution in [1.82, 2.24) is 4.98 Å². The van der Waals surface area contributed by atoms with E-state index in [0.29, 0.717) is 11.9 Å². The second kappa shape index (κ2) is 5.72. The highest BCUT2D eigenvalue weighted by Crippen LogP contribution is 2.12. The fourth-order valence-corrected chi connectivity index (χ4v) is 1.76. The summed E-state index contributed by atoms with van der Waals surface area (Å²) in [6.45, 7) is 2.15. The minimum absolute atomic E-state index is 0.443. The lowest BCUT2D eigenvalue weighted by Crippen LogP contribution is -2.18. The molecule has 1 atom stereocenters. The molecule has 1 aromatic heterocycles. The maximum Gasteiger partial charge on any atom is 0.141 e. The Labute approximate surface area is 88.6 Å². The van der Waals surface area contributed by atoms with Crippen molar-refractivity contribution < 1.29 is 0 Å². The van der Waals surface area contributed by atoms with Gasteiger partial charge in [-0.15, -0.1) is 0 Å². The molecule has 0 aliphatic carbocycles. The summed E-state index contributed by atoms with van der Waals surface area (Å²) in [5, 5.41) is 3.36. The minimum atomic E-state index is 0.443. The summed E-state index contributed by atoms with van der Waals surface area (Å²) >= 11 is 1.82. The minimum Gasteiger partial charge on any atom is -0.382 e. The number of hydrazine groups is 1. The maximum atomic E-state index is 5.26. The van der Waals surface area contributed by atoms with E-state index in [4.69, 9.17) is 5.84 Å². The number of nitrogens with zero attached hydrogens (tertiary/aromatic N) is 1. The number of nitrogens with two attached hydrogens (primary N) is 1. The highest BCUT2D eigenvalue weighted by atomic mass is 32.2. The standard InChI is InChI=1S/C9H16N4S/c1-7(6-14-2)12-8-3-4-11-9(5-8)13-10/h3-5,7H,6,10H2,1-2H3,(H2,11,12,13). The third-order valence-corrected chi connectivity index (χ3v) is 2.57. The fourth-order valence-electron chi connectivity index (χ4n) is 1.18. The zero-order valence-electron chi connectivity index (χ0n) is 8.45. The van der Waals surface area contributed by atoms with Gasteiger partial charge in [-0.25, -0.2) is 10.8 Å². The molecule has 14 heavy (non-hydrogen) atoms. The Balaban J connectivity index is 2.57. The maximum absolute atomic E-state index is 5.26. The summed E-state index contributed by atoms with van der Waals surface area (Å²) in [4.78, 5) is 4.03. The van der Waals surface area contributed by atoms with Gasteiger partial charge in [-0.1, -0.05) is 0 Å². The van der Waals surface area contributed by atoms with Gasteiger partial charge in [-0.05, 0) is 19.2 Å². The molecule has 78 valence electrons. The van der Waals surface area contributed by atoms with Crippen LogP contribution in [0.5, 0.6) is 0 Å². The summed E-state index contributed by atoms with van der Waals surface area (Å²) in [5.41, 5.74) is 3.55. The molecule has 0 aromatic carbocycles. The number of nitrogens with one attached hydrogen (secondary N) is 2. The summed E-state index contributed by atoms with van der Waals surface area (Å²) in [6, 6.07) is 4.26. The van der Waals surface area contributed by atoms with E-state index in [2.05, 4.69) is 28.9 Å². The van der Waals surface area contributed by atoms with Crippen molar-refractivity contribution in [3.8, 4) is 0 Å². The number of aromatic nitrogens is 1. The zero-order chi connectivity index (χ0) is 10.4. The molecule has 0 saturated heterocycles.